The quantitative estimate of drug-likeness (QED) is 0.406. The number of halogens is 3. The van der Waals surface area contributed by atoms with Crippen LogP contribution in [0.15, 0.2) is 30.3 Å². The van der Waals surface area contributed by atoms with Crippen LogP contribution >= 0.6 is 31.8 Å². The molecular weight excluding hydrogens is 341 g/mol. The Labute approximate surface area is 119 Å². The molecule has 0 nitrogen and oxygen atoms in total. The van der Waals surface area contributed by atoms with Gasteiger partial charge < -0.3 is 0 Å². The maximum atomic E-state index is 6.75. The molecule has 0 bridgehead atoms. The van der Waals surface area contributed by atoms with Crippen LogP contribution in [-0.4, -0.2) is 16.4 Å². The van der Waals surface area contributed by atoms with E-state index in [0.29, 0.717) is 4.82 Å². The second kappa shape index (κ2) is 6.17. The fraction of sp³-hybridized carbons (Fsp3) is 0.538. The molecule has 1 aliphatic rings. The van der Waals surface area contributed by atoms with E-state index in [9.17, 15) is 0 Å². The zero-order chi connectivity index (χ0) is 12.3. The van der Waals surface area contributed by atoms with Crippen molar-refractivity contribution in [1.82, 2.24) is 0 Å². The van der Waals surface area contributed by atoms with Crippen LogP contribution in [0.1, 0.15) is 32.1 Å². The molecule has 1 fully saturated rings. The summed E-state index contributed by atoms with van der Waals surface area (Å²) in [6.07, 6.45) is 5.81. The third-order valence-corrected chi connectivity index (χ3v) is 13.1. The molecule has 1 aliphatic carbocycles. The van der Waals surface area contributed by atoms with E-state index in [1.165, 1.54) is 19.3 Å². The van der Waals surface area contributed by atoms with Crippen LogP contribution in [0.25, 0.3) is 0 Å². The monoisotopic (exact) mass is 358 g/mol. The first kappa shape index (κ1) is 14.0. The molecule has 2 atom stereocenters. The van der Waals surface area contributed by atoms with E-state index in [1.54, 1.807) is 0 Å². The van der Waals surface area contributed by atoms with Crippen LogP contribution in [0, 0.1) is 0 Å². The molecule has 0 N–H and O–H groups in total. The van der Waals surface area contributed by atoms with Crippen LogP contribution in [0.5, 0.6) is 0 Å². The summed E-state index contributed by atoms with van der Waals surface area (Å²) < 4.78 is 1.12. The number of hydrogen-bond acceptors (Lipinski definition) is 0. The van der Waals surface area contributed by atoms with Gasteiger partial charge in [-0.05, 0) is 0 Å². The first-order valence-corrected chi connectivity index (χ1v) is 12.8. The minimum atomic E-state index is -2.66. The number of hydrogen-bond donors (Lipinski definition) is 0. The summed E-state index contributed by atoms with van der Waals surface area (Å²) in [7, 11) is 13.5. The van der Waals surface area contributed by atoms with Crippen molar-refractivity contribution >= 4 is 47.3 Å². The molecule has 96 valence electrons. The molecule has 0 amide bonds. The first-order chi connectivity index (χ1) is 8.12. The molecule has 17 heavy (non-hydrogen) atoms. The van der Waals surface area contributed by atoms with E-state index in [-0.39, 0.29) is 5.38 Å². The average molecular weight is 359 g/mol. The Bertz CT molecular complexity index is 353. The van der Waals surface area contributed by atoms with Crippen molar-refractivity contribution in [2.75, 3.05) is 0 Å². The summed E-state index contributed by atoms with van der Waals surface area (Å²) >= 11 is 3.83. The van der Waals surface area contributed by atoms with Gasteiger partial charge in [-0.15, -0.1) is 0 Å². The summed E-state index contributed by atoms with van der Waals surface area (Å²) in [6, 6.07) is 10.1. The van der Waals surface area contributed by atoms with Crippen molar-refractivity contribution in [3.8, 4) is 0 Å². The SMILES string of the molecule is Cl[C@H]1CCCCC[C@@H]1[Se](Cl)(Cl)c1ccccc1. The van der Waals surface area contributed by atoms with Crippen LogP contribution in [0.4, 0.5) is 0 Å². The summed E-state index contributed by atoms with van der Waals surface area (Å²) in [5.74, 6) is 0. The van der Waals surface area contributed by atoms with Gasteiger partial charge in [0.15, 0.2) is 0 Å². The van der Waals surface area contributed by atoms with Crippen LogP contribution in [0.3, 0.4) is 0 Å². The van der Waals surface area contributed by atoms with E-state index in [2.05, 4.69) is 12.1 Å². The van der Waals surface area contributed by atoms with Crippen molar-refractivity contribution in [3.63, 3.8) is 0 Å². The predicted octanol–water partition coefficient (Wildman–Crippen LogP) is 4.76. The topological polar surface area (TPSA) is 0 Å². The Balaban J connectivity index is 2.24. The van der Waals surface area contributed by atoms with Gasteiger partial charge in [0.2, 0.25) is 0 Å². The van der Waals surface area contributed by atoms with Gasteiger partial charge in [-0.25, -0.2) is 0 Å². The third-order valence-electron chi connectivity index (χ3n) is 3.31. The third kappa shape index (κ3) is 3.33. The van der Waals surface area contributed by atoms with Crippen molar-refractivity contribution in [2.45, 2.75) is 42.3 Å². The summed E-state index contributed by atoms with van der Waals surface area (Å²) in [4.78, 5) is 0.293. The van der Waals surface area contributed by atoms with Crippen molar-refractivity contribution in [2.24, 2.45) is 0 Å². The molecule has 0 aliphatic heterocycles. The Morgan fingerprint density at radius 2 is 1.59 bits per heavy atom. The summed E-state index contributed by atoms with van der Waals surface area (Å²) in [5, 5.41) is 0.146. The molecule has 4 heteroatoms. The van der Waals surface area contributed by atoms with E-state index >= 15 is 0 Å². The molecule has 0 unspecified atom stereocenters. The standard InChI is InChI=1S/C13H17Cl3Se/c14-12-9-5-2-6-10-13(12)17(15,16)11-7-3-1-4-8-11/h1,3-4,7-8,12-13H,2,5-6,9-10H2/t12-,13-/m0/s1. The van der Waals surface area contributed by atoms with Gasteiger partial charge in [-0.1, -0.05) is 0 Å². The van der Waals surface area contributed by atoms with Gasteiger partial charge in [-0.2, -0.15) is 0 Å². The van der Waals surface area contributed by atoms with Gasteiger partial charge in [0.05, 0.1) is 0 Å². The van der Waals surface area contributed by atoms with Crippen molar-refractivity contribution in [1.29, 1.82) is 0 Å². The average Bonchev–Trinajstić information content (AvgIpc) is 2.55. The molecule has 0 aromatic heterocycles. The first-order valence-electron chi connectivity index (χ1n) is 6.03. The molecular formula is C13H17Cl3Se. The second-order valence-corrected chi connectivity index (χ2v) is 15.3. The molecule has 1 aromatic carbocycles. The zero-order valence-corrected chi connectivity index (χ0v) is 13.6. The number of rotatable bonds is 2. The maximum absolute atomic E-state index is 6.75. The molecule has 0 saturated heterocycles. The summed E-state index contributed by atoms with van der Waals surface area (Å²) in [5.41, 5.74) is 0. The molecule has 1 aromatic rings. The van der Waals surface area contributed by atoms with Crippen LogP contribution in [-0.2, 0) is 0 Å². The molecule has 1 saturated carbocycles. The van der Waals surface area contributed by atoms with E-state index in [4.69, 9.17) is 31.8 Å². The fourth-order valence-corrected chi connectivity index (χ4v) is 11.1. The normalized spacial score (nSPS) is 27.5. The Morgan fingerprint density at radius 3 is 2.29 bits per heavy atom. The van der Waals surface area contributed by atoms with Gasteiger partial charge in [0.1, 0.15) is 0 Å². The van der Waals surface area contributed by atoms with Crippen LogP contribution in [0.2, 0.25) is 4.82 Å². The molecule has 0 heterocycles. The molecule has 2 rings (SSSR count). The Kier molecular flexibility index (Phi) is 5.09. The predicted molar refractivity (Wildman–Crippen MR) is 80.0 cm³/mol. The van der Waals surface area contributed by atoms with Crippen molar-refractivity contribution in [3.05, 3.63) is 30.3 Å². The van der Waals surface area contributed by atoms with Gasteiger partial charge in [0.25, 0.3) is 0 Å². The van der Waals surface area contributed by atoms with Gasteiger partial charge in [-0.3, -0.25) is 0 Å². The van der Waals surface area contributed by atoms with E-state index in [1.807, 2.05) is 18.2 Å². The number of benzene rings is 1. The van der Waals surface area contributed by atoms with E-state index < -0.39 is 11.0 Å². The Morgan fingerprint density at radius 1 is 0.941 bits per heavy atom. The van der Waals surface area contributed by atoms with Crippen LogP contribution < -0.4 is 4.46 Å². The van der Waals surface area contributed by atoms with Crippen molar-refractivity contribution < 1.29 is 0 Å². The Hall–Kier alpha value is 0.609. The van der Waals surface area contributed by atoms with E-state index in [0.717, 1.165) is 17.3 Å². The zero-order valence-electron chi connectivity index (χ0n) is 9.62. The minimum absolute atomic E-state index is 0.146. The second-order valence-electron chi connectivity index (χ2n) is 4.51. The summed E-state index contributed by atoms with van der Waals surface area (Å²) in [6.45, 7) is 0. The van der Waals surface area contributed by atoms with Gasteiger partial charge >= 0.3 is 120 Å². The molecule has 0 radical (unpaired) electrons. The molecule has 0 spiro atoms. The van der Waals surface area contributed by atoms with Gasteiger partial charge in [0, 0.05) is 0 Å². The fourth-order valence-electron chi connectivity index (χ4n) is 2.34. The number of alkyl halides is 1.